The van der Waals surface area contributed by atoms with Gasteiger partial charge in [0.15, 0.2) is 0 Å². The molecule has 0 radical (unpaired) electrons. The van der Waals surface area contributed by atoms with Gasteiger partial charge in [0.1, 0.15) is 4.90 Å². The van der Waals surface area contributed by atoms with E-state index >= 15 is 0 Å². The van der Waals surface area contributed by atoms with E-state index in [4.69, 9.17) is 0 Å². The second kappa shape index (κ2) is 5.67. The molecule has 0 saturated carbocycles. The van der Waals surface area contributed by atoms with E-state index in [1.807, 2.05) is 26.0 Å². The van der Waals surface area contributed by atoms with Gasteiger partial charge < -0.3 is 0 Å². The third kappa shape index (κ3) is 2.93. The molecular weight excluding hydrogens is 260 g/mol. The standard InChI is InChI=1S/C14H18N2O2S/c1-3-12(4-2)16-19(17,18)13-9-5-7-11-8-6-10-15-14(11)13/h5-10,12,16H,3-4H2,1-2H3. The number of rotatable bonds is 5. The molecule has 0 aliphatic rings. The number of hydrogen-bond donors (Lipinski definition) is 1. The normalized spacial score (nSPS) is 12.2. The minimum Gasteiger partial charge on any atom is -0.255 e. The van der Waals surface area contributed by atoms with E-state index in [1.54, 1.807) is 24.4 Å². The molecule has 2 rings (SSSR count). The maximum absolute atomic E-state index is 12.4. The van der Waals surface area contributed by atoms with Crippen LogP contribution in [0.1, 0.15) is 26.7 Å². The van der Waals surface area contributed by atoms with Crippen molar-refractivity contribution in [3.8, 4) is 0 Å². The number of hydrogen-bond acceptors (Lipinski definition) is 3. The third-order valence-electron chi connectivity index (χ3n) is 3.19. The molecule has 1 aromatic heterocycles. The molecule has 1 aromatic carbocycles. The monoisotopic (exact) mass is 278 g/mol. The summed E-state index contributed by atoms with van der Waals surface area (Å²) in [5.41, 5.74) is 0.517. The zero-order valence-corrected chi connectivity index (χ0v) is 11.9. The summed E-state index contributed by atoms with van der Waals surface area (Å²) in [6.45, 7) is 3.94. The van der Waals surface area contributed by atoms with Crippen molar-refractivity contribution in [1.82, 2.24) is 9.71 Å². The number of aromatic nitrogens is 1. The smallest absolute Gasteiger partial charge is 0.242 e. The number of nitrogens with one attached hydrogen (secondary N) is 1. The molecule has 1 heterocycles. The van der Waals surface area contributed by atoms with Crippen molar-refractivity contribution < 1.29 is 8.42 Å². The summed E-state index contributed by atoms with van der Waals surface area (Å²) in [6, 6.07) is 8.82. The summed E-state index contributed by atoms with van der Waals surface area (Å²) >= 11 is 0. The zero-order valence-electron chi connectivity index (χ0n) is 11.1. The van der Waals surface area contributed by atoms with Crippen molar-refractivity contribution in [3.63, 3.8) is 0 Å². The van der Waals surface area contributed by atoms with Crippen LogP contribution in [0, 0.1) is 0 Å². The molecule has 4 nitrogen and oxygen atoms in total. The molecular formula is C14H18N2O2S. The number of sulfonamides is 1. The lowest BCUT2D eigenvalue weighted by Crippen LogP contribution is -2.34. The average molecular weight is 278 g/mol. The number of pyridine rings is 1. The van der Waals surface area contributed by atoms with Crippen molar-refractivity contribution in [2.45, 2.75) is 37.6 Å². The van der Waals surface area contributed by atoms with Crippen molar-refractivity contribution >= 4 is 20.9 Å². The first-order chi connectivity index (χ1) is 9.08. The van der Waals surface area contributed by atoms with Crippen LogP contribution in [0.25, 0.3) is 10.9 Å². The van der Waals surface area contributed by atoms with Gasteiger partial charge in [-0.15, -0.1) is 0 Å². The molecule has 1 N–H and O–H groups in total. The van der Waals surface area contributed by atoms with Crippen LogP contribution in [0.2, 0.25) is 0 Å². The van der Waals surface area contributed by atoms with Crippen LogP contribution in [0.3, 0.4) is 0 Å². The van der Waals surface area contributed by atoms with Gasteiger partial charge in [-0.1, -0.05) is 32.0 Å². The average Bonchev–Trinajstić information content (AvgIpc) is 2.44. The highest BCUT2D eigenvalue weighted by molar-refractivity contribution is 7.89. The predicted molar refractivity (Wildman–Crippen MR) is 76.4 cm³/mol. The maximum Gasteiger partial charge on any atom is 0.242 e. The Kier molecular flexibility index (Phi) is 4.17. The number of fused-ring (bicyclic) bond motifs is 1. The minimum absolute atomic E-state index is 0.0380. The quantitative estimate of drug-likeness (QED) is 0.914. The van der Waals surface area contributed by atoms with Crippen LogP contribution in [0.15, 0.2) is 41.4 Å². The molecule has 0 fully saturated rings. The van der Waals surface area contributed by atoms with Crippen molar-refractivity contribution in [2.75, 3.05) is 0 Å². The lowest BCUT2D eigenvalue weighted by atomic mass is 10.2. The van der Waals surface area contributed by atoms with Crippen LogP contribution in [-0.2, 0) is 10.0 Å². The van der Waals surface area contributed by atoms with E-state index in [9.17, 15) is 8.42 Å². The van der Waals surface area contributed by atoms with Gasteiger partial charge in [-0.3, -0.25) is 4.98 Å². The largest absolute Gasteiger partial charge is 0.255 e. The van der Waals surface area contributed by atoms with Gasteiger partial charge >= 0.3 is 0 Å². The molecule has 0 saturated heterocycles. The fourth-order valence-corrected chi connectivity index (χ4v) is 3.61. The molecule has 0 aliphatic carbocycles. The fourth-order valence-electron chi connectivity index (χ4n) is 2.03. The van der Waals surface area contributed by atoms with Crippen molar-refractivity contribution in [3.05, 3.63) is 36.5 Å². The van der Waals surface area contributed by atoms with E-state index < -0.39 is 10.0 Å². The maximum atomic E-state index is 12.4. The van der Waals surface area contributed by atoms with Crippen LogP contribution >= 0.6 is 0 Å². The van der Waals surface area contributed by atoms with E-state index in [0.717, 1.165) is 18.2 Å². The minimum atomic E-state index is -3.52. The van der Waals surface area contributed by atoms with Crippen LogP contribution in [-0.4, -0.2) is 19.4 Å². The van der Waals surface area contributed by atoms with Gasteiger partial charge in [-0.05, 0) is 25.0 Å². The molecule has 19 heavy (non-hydrogen) atoms. The summed E-state index contributed by atoms with van der Waals surface area (Å²) in [7, 11) is -3.52. The summed E-state index contributed by atoms with van der Waals surface area (Å²) in [4.78, 5) is 4.43. The second-order valence-corrected chi connectivity index (χ2v) is 6.15. The van der Waals surface area contributed by atoms with Gasteiger partial charge in [-0.25, -0.2) is 13.1 Å². The number of benzene rings is 1. The van der Waals surface area contributed by atoms with Gasteiger partial charge in [-0.2, -0.15) is 0 Å². The predicted octanol–water partition coefficient (Wildman–Crippen LogP) is 2.70. The first-order valence-corrected chi connectivity index (χ1v) is 7.93. The molecule has 0 bridgehead atoms. The summed E-state index contributed by atoms with van der Waals surface area (Å²) in [5.74, 6) is 0. The highest BCUT2D eigenvalue weighted by atomic mass is 32.2. The lowest BCUT2D eigenvalue weighted by molar-refractivity contribution is 0.531. The second-order valence-electron chi connectivity index (χ2n) is 4.47. The molecule has 0 aliphatic heterocycles. The lowest BCUT2D eigenvalue weighted by Gasteiger charge is -2.15. The van der Waals surface area contributed by atoms with Crippen LogP contribution in [0.5, 0.6) is 0 Å². The zero-order chi connectivity index (χ0) is 13.9. The van der Waals surface area contributed by atoms with E-state index in [1.165, 1.54) is 0 Å². The summed E-state index contributed by atoms with van der Waals surface area (Å²) in [6.07, 6.45) is 3.15. The Balaban J connectivity index is 2.49. The van der Waals surface area contributed by atoms with Gasteiger partial charge in [0, 0.05) is 17.6 Å². The van der Waals surface area contributed by atoms with Crippen LogP contribution < -0.4 is 4.72 Å². The molecule has 0 unspecified atom stereocenters. The third-order valence-corrected chi connectivity index (χ3v) is 4.74. The van der Waals surface area contributed by atoms with Crippen molar-refractivity contribution in [1.29, 1.82) is 0 Å². The molecule has 2 aromatic rings. The highest BCUT2D eigenvalue weighted by Crippen LogP contribution is 2.21. The Bertz CT molecular complexity index is 659. The van der Waals surface area contributed by atoms with Crippen LogP contribution in [0.4, 0.5) is 0 Å². The number of para-hydroxylation sites is 1. The summed E-state index contributed by atoms with van der Waals surface area (Å²) < 4.78 is 27.6. The highest BCUT2D eigenvalue weighted by Gasteiger charge is 2.20. The summed E-state index contributed by atoms with van der Waals surface area (Å²) in [5, 5.41) is 0.829. The fraction of sp³-hybridized carbons (Fsp3) is 0.357. The van der Waals surface area contributed by atoms with E-state index in [-0.39, 0.29) is 10.9 Å². The van der Waals surface area contributed by atoms with E-state index in [0.29, 0.717) is 5.52 Å². The Morgan fingerprint density at radius 3 is 2.53 bits per heavy atom. The van der Waals surface area contributed by atoms with E-state index in [2.05, 4.69) is 9.71 Å². The van der Waals surface area contributed by atoms with Gasteiger partial charge in [0.05, 0.1) is 5.52 Å². The molecule has 102 valence electrons. The Hall–Kier alpha value is -1.46. The molecule has 0 amide bonds. The molecule has 0 atom stereocenters. The first kappa shape index (κ1) is 14.0. The Labute approximate surface area is 113 Å². The number of nitrogens with zero attached hydrogens (tertiary/aromatic N) is 1. The Morgan fingerprint density at radius 2 is 1.84 bits per heavy atom. The van der Waals surface area contributed by atoms with Gasteiger partial charge in [0.25, 0.3) is 0 Å². The molecule has 5 heteroatoms. The van der Waals surface area contributed by atoms with Gasteiger partial charge in [0.2, 0.25) is 10.0 Å². The Morgan fingerprint density at radius 1 is 1.16 bits per heavy atom. The topological polar surface area (TPSA) is 59.1 Å². The SMILES string of the molecule is CCC(CC)NS(=O)(=O)c1cccc2cccnc12. The molecule has 0 spiro atoms. The first-order valence-electron chi connectivity index (χ1n) is 6.44. The van der Waals surface area contributed by atoms with Crippen molar-refractivity contribution in [2.24, 2.45) is 0 Å².